The summed E-state index contributed by atoms with van der Waals surface area (Å²) in [5.74, 6) is 0.679. The Bertz CT molecular complexity index is 977. The van der Waals surface area contributed by atoms with Gasteiger partial charge in [0, 0.05) is 16.5 Å². The van der Waals surface area contributed by atoms with Gasteiger partial charge in [-0.15, -0.1) is 0 Å². The van der Waals surface area contributed by atoms with Crippen LogP contribution in [0.15, 0.2) is 48.5 Å². The lowest BCUT2D eigenvalue weighted by molar-refractivity contribution is 0.0844. The summed E-state index contributed by atoms with van der Waals surface area (Å²) in [6.45, 7) is 4.82. The Labute approximate surface area is 169 Å². The van der Waals surface area contributed by atoms with Crippen molar-refractivity contribution in [2.45, 2.75) is 20.3 Å². The van der Waals surface area contributed by atoms with E-state index < -0.39 is 11.8 Å². The minimum absolute atomic E-state index is 0.343. The van der Waals surface area contributed by atoms with Crippen molar-refractivity contribution in [2.24, 2.45) is 5.92 Å². The molecule has 0 bridgehead atoms. The summed E-state index contributed by atoms with van der Waals surface area (Å²) in [6.07, 6.45) is 0.922. The van der Waals surface area contributed by atoms with Crippen molar-refractivity contribution in [1.29, 1.82) is 0 Å². The average Bonchev–Trinajstić information content (AvgIpc) is 3.16. The molecule has 0 aliphatic heterocycles. The molecule has 0 aliphatic carbocycles. The monoisotopic (exact) mass is 395 g/mol. The van der Waals surface area contributed by atoms with Crippen LogP contribution in [0.3, 0.4) is 0 Å². The molecule has 0 atom stereocenters. The van der Waals surface area contributed by atoms with E-state index in [-0.39, 0.29) is 0 Å². The van der Waals surface area contributed by atoms with E-state index in [1.807, 2.05) is 24.3 Å². The van der Waals surface area contributed by atoms with Crippen LogP contribution in [0.1, 0.15) is 41.1 Å². The molecule has 0 unspecified atom stereocenters. The molecule has 152 valence electrons. The highest BCUT2D eigenvalue weighted by atomic mass is 16.5. The molecule has 3 N–H and O–H groups in total. The average molecular weight is 395 g/mol. The summed E-state index contributed by atoms with van der Waals surface area (Å²) >= 11 is 0. The first-order chi connectivity index (χ1) is 14.0. The molecule has 2 amide bonds. The van der Waals surface area contributed by atoms with Gasteiger partial charge in [0.1, 0.15) is 5.69 Å². The number of hydrazine groups is 1. The van der Waals surface area contributed by atoms with Crippen LogP contribution in [0.2, 0.25) is 0 Å². The maximum atomic E-state index is 12.4. The van der Waals surface area contributed by atoms with Crippen LogP contribution in [0, 0.1) is 5.92 Å². The van der Waals surface area contributed by atoms with Gasteiger partial charge in [-0.3, -0.25) is 20.4 Å². The van der Waals surface area contributed by atoms with Crippen molar-refractivity contribution >= 4 is 22.7 Å². The van der Waals surface area contributed by atoms with E-state index in [0.29, 0.717) is 35.3 Å². The van der Waals surface area contributed by atoms with Crippen LogP contribution in [-0.2, 0) is 0 Å². The van der Waals surface area contributed by atoms with Crippen molar-refractivity contribution in [3.05, 3.63) is 59.8 Å². The van der Waals surface area contributed by atoms with Crippen LogP contribution in [0.4, 0.5) is 0 Å². The zero-order valence-electron chi connectivity index (χ0n) is 16.7. The molecule has 3 aromatic rings. The quantitative estimate of drug-likeness (QED) is 0.532. The number of amides is 2. The normalized spacial score (nSPS) is 10.8. The smallest absolute Gasteiger partial charge is 0.286 e. The largest absolute Gasteiger partial charge is 0.493 e. The number of aromatic amines is 1. The molecule has 0 aliphatic rings. The third-order valence-corrected chi connectivity index (χ3v) is 4.44. The highest BCUT2D eigenvalue weighted by Crippen LogP contribution is 2.28. The molecule has 0 saturated carbocycles. The molecule has 7 nitrogen and oxygen atoms in total. The number of benzene rings is 2. The lowest BCUT2D eigenvalue weighted by Gasteiger charge is -2.13. The fourth-order valence-electron chi connectivity index (χ4n) is 2.78. The topological polar surface area (TPSA) is 92.5 Å². The van der Waals surface area contributed by atoms with Gasteiger partial charge in [-0.25, -0.2) is 0 Å². The van der Waals surface area contributed by atoms with Crippen LogP contribution < -0.4 is 20.3 Å². The first kappa shape index (κ1) is 20.3. The molecule has 0 fully saturated rings. The maximum Gasteiger partial charge on any atom is 0.286 e. The predicted octanol–water partition coefficient (Wildman–Crippen LogP) is 3.68. The van der Waals surface area contributed by atoms with E-state index in [4.69, 9.17) is 9.47 Å². The van der Waals surface area contributed by atoms with E-state index in [1.54, 1.807) is 24.3 Å². The van der Waals surface area contributed by atoms with Gasteiger partial charge in [0.05, 0.1) is 13.7 Å². The van der Waals surface area contributed by atoms with Crippen molar-refractivity contribution < 1.29 is 19.1 Å². The number of rotatable bonds is 7. The Morgan fingerprint density at radius 2 is 1.76 bits per heavy atom. The number of para-hydroxylation sites is 1. The molecule has 0 spiro atoms. The number of aromatic nitrogens is 1. The Morgan fingerprint density at radius 3 is 2.48 bits per heavy atom. The molecule has 0 radical (unpaired) electrons. The SMILES string of the molecule is COc1cc(C(=O)NNC(=O)c2cc3ccccc3[nH]2)ccc1OCCC(C)C. The number of ether oxygens (including phenoxy) is 2. The predicted molar refractivity (Wildman–Crippen MR) is 111 cm³/mol. The number of carbonyl (C=O) groups is 2. The van der Waals surface area contributed by atoms with Gasteiger partial charge in [0.15, 0.2) is 11.5 Å². The first-order valence-electron chi connectivity index (χ1n) is 9.47. The van der Waals surface area contributed by atoms with Crippen molar-refractivity contribution in [2.75, 3.05) is 13.7 Å². The standard InChI is InChI=1S/C22H25N3O4/c1-14(2)10-11-29-19-9-8-16(13-20(19)28-3)21(26)24-25-22(27)18-12-15-6-4-5-7-17(15)23-18/h4-9,12-14,23H,10-11H2,1-3H3,(H,24,26)(H,25,27). The van der Waals surface area contributed by atoms with E-state index in [1.165, 1.54) is 7.11 Å². The molecule has 0 saturated heterocycles. The highest BCUT2D eigenvalue weighted by Gasteiger charge is 2.14. The number of H-pyrrole nitrogens is 1. The van der Waals surface area contributed by atoms with Crippen LogP contribution in [0.25, 0.3) is 10.9 Å². The summed E-state index contributed by atoms with van der Waals surface area (Å²) < 4.78 is 11.1. The van der Waals surface area contributed by atoms with Crippen LogP contribution >= 0.6 is 0 Å². The number of methoxy groups -OCH3 is 1. The minimum atomic E-state index is -0.457. The first-order valence-corrected chi connectivity index (χ1v) is 9.47. The molecular weight excluding hydrogens is 370 g/mol. The van der Waals surface area contributed by atoms with Crippen LogP contribution in [-0.4, -0.2) is 30.5 Å². The van der Waals surface area contributed by atoms with Gasteiger partial charge in [-0.05, 0) is 42.7 Å². The van der Waals surface area contributed by atoms with E-state index >= 15 is 0 Å². The zero-order chi connectivity index (χ0) is 20.8. The van der Waals surface area contributed by atoms with Gasteiger partial charge in [0.2, 0.25) is 0 Å². The van der Waals surface area contributed by atoms with Gasteiger partial charge >= 0.3 is 0 Å². The second-order valence-electron chi connectivity index (χ2n) is 7.08. The van der Waals surface area contributed by atoms with Crippen LogP contribution in [0.5, 0.6) is 11.5 Å². The molecule has 7 heteroatoms. The highest BCUT2D eigenvalue weighted by molar-refractivity contribution is 6.01. The number of nitrogens with one attached hydrogen (secondary N) is 3. The van der Waals surface area contributed by atoms with Gasteiger partial charge in [-0.1, -0.05) is 32.0 Å². The number of hydrogen-bond donors (Lipinski definition) is 3. The number of fused-ring (bicyclic) bond motifs is 1. The van der Waals surface area contributed by atoms with Crippen molar-refractivity contribution in [1.82, 2.24) is 15.8 Å². The molecule has 3 rings (SSSR count). The second-order valence-corrected chi connectivity index (χ2v) is 7.08. The number of carbonyl (C=O) groups excluding carboxylic acids is 2. The van der Waals surface area contributed by atoms with Crippen molar-refractivity contribution in [3.8, 4) is 11.5 Å². The van der Waals surface area contributed by atoms with Gasteiger partial charge in [-0.2, -0.15) is 0 Å². The summed E-state index contributed by atoms with van der Waals surface area (Å²) in [4.78, 5) is 27.7. The fourth-order valence-corrected chi connectivity index (χ4v) is 2.78. The Morgan fingerprint density at radius 1 is 1.00 bits per heavy atom. The Hall–Kier alpha value is -3.48. The lowest BCUT2D eigenvalue weighted by atomic mass is 10.1. The second kappa shape index (κ2) is 9.14. The summed E-state index contributed by atoms with van der Waals surface area (Å²) in [6, 6.07) is 14.2. The fraction of sp³-hybridized carbons (Fsp3) is 0.273. The summed E-state index contributed by atoms with van der Waals surface area (Å²) in [5.41, 5.74) is 6.38. The molecule has 1 aromatic heterocycles. The van der Waals surface area contributed by atoms with E-state index in [2.05, 4.69) is 29.7 Å². The Kier molecular flexibility index (Phi) is 6.39. The van der Waals surface area contributed by atoms with E-state index in [9.17, 15) is 9.59 Å². The molecular formula is C22H25N3O4. The molecule has 29 heavy (non-hydrogen) atoms. The number of hydrogen-bond acceptors (Lipinski definition) is 4. The van der Waals surface area contributed by atoms with Gasteiger partial charge < -0.3 is 14.5 Å². The summed E-state index contributed by atoms with van der Waals surface area (Å²) in [5, 5.41) is 0.918. The third-order valence-electron chi connectivity index (χ3n) is 4.44. The molecule has 2 aromatic carbocycles. The third kappa shape index (κ3) is 5.07. The van der Waals surface area contributed by atoms with Crippen molar-refractivity contribution in [3.63, 3.8) is 0 Å². The maximum absolute atomic E-state index is 12.4. The summed E-state index contributed by atoms with van der Waals surface area (Å²) in [7, 11) is 1.52. The lowest BCUT2D eigenvalue weighted by Crippen LogP contribution is -2.41. The molecule has 1 heterocycles. The van der Waals surface area contributed by atoms with Gasteiger partial charge in [0.25, 0.3) is 11.8 Å². The van der Waals surface area contributed by atoms with E-state index in [0.717, 1.165) is 17.3 Å². The zero-order valence-corrected chi connectivity index (χ0v) is 16.7. The minimum Gasteiger partial charge on any atom is -0.493 e. The Balaban J connectivity index is 1.61.